The molecule has 0 radical (unpaired) electrons. The predicted octanol–water partition coefficient (Wildman–Crippen LogP) is 2.36. The highest BCUT2D eigenvalue weighted by atomic mass is 16.5. The first-order valence-corrected chi connectivity index (χ1v) is 7.58. The standard InChI is InChI=1S/C18H21N3O/c1-19-18(20-12-14-7-3-2-4-8-14)21-13-16-11-15-9-5-6-10-17(15)22-16/h2-10,16H,11-13H2,1H3,(H2,19,20,21). The van der Waals surface area contributed by atoms with Crippen molar-refractivity contribution < 1.29 is 4.74 Å². The maximum atomic E-state index is 5.92. The van der Waals surface area contributed by atoms with Gasteiger partial charge in [0.1, 0.15) is 11.9 Å². The largest absolute Gasteiger partial charge is 0.488 e. The van der Waals surface area contributed by atoms with Crippen LogP contribution in [0.4, 0.5) is 0 Å². The van der Waals surface area contributed by atoms with Crippen molar-refractivity contribution in [3.05, 3.63) is 65.7 Å². The molecule has 0 fully saturated rings. The molecule has 1 heterocycles. The van der Waals surface area contributed by atoms with Crippen LogP contribution in [0, 0.1) is 0 Å². The van der Waals surface area contributed by atoms with Gasteiger partial charge in [0.25, 0.3) is 0 Å². The summed E-state index contributed by atoms with van der Waals surface area (Å²) >= 11 is 0. The third-order valence-corrected chi connectivity index (χ3v) is 3.74. The summed E-state index contributed by atoms with van der Waals surface area (Å²) in [4.78, 5) is 4.25. The second-order valence-corrected chi connectivity index (χ2v) is 5.34. The summed E-state index contributed by atoms with van der Waals surface area (Å²) in [7, 11) is 1.78. The minimum Gasteiger partial charge on any atom is -0.488 e. The number of para-hydroxylation sites is 1. The van der Waals surface area contributed by atoms with Crippen LogP contribution in [0.3, 0.4) is 0 Å². The lowest BCUT2D eigenvalue weighted by Crippen LogP contribution is -2.41. The molecule has 22 heavy (non-hydrogen) atoms. The van der Waals surface area contributed by atoms with Crippen LogP contribution in [0.1, 0.15) is 11.1 Å². The van der Waals surface area contributed by atoms with E-state index in [2.05, 4.69) is 39.9 Å². The van der Waals surface area contributed by atoms with Crippen molar-refractivity contribution >= 4 is 5.96 Å². The Morgan fingerprint density at radius 1 is 1.09 bits per heavy atom. The molecular weight excluding hydrogens is 274 g/mol. The van der Waals surface area contributed by atoms with E-state index in [4.69, 9.17) is 4.74 Å². The molecule has 0 amide bonds. The van der Waals surface area contributed by atoms with E-state index in [1.807, 2.05) is 30.3 Å². The molecule has 1 unspecified atom stereocenters. The van der Waals surface area contributed by atoms with Gasteiger partial charge in [-0.3, -0.25) is 4.99 Å². The van der Waals surface area contributed by atoms with Crippen molar-refractivity contribution in [1.82, 2.24) is 10.6 Å². The Morgan fingerprint density at radius 2 is 1.86 bits per heavy atom. The summed E-state index contributed by atoms with van der Waals surface area (Å²) < 4.78 is 5.92. The highest BCUT2D eigenvalue weighted by Gasteiger charge is 2.22. The molecule has 1 aliphatic heterocycles. The molecule has 2 N–H and O–H groups in total. The lowest BCUT2D eigenvalue weighted by atomic mass is 10.1. The fourth-order valence-corrected chi connectivity index (χ4v) is 2.58. The maximum absolute atomic E-state index is 5.92. The van der Waals surface area contributed by atoms with Gasteiger partial charge >= 0.3 is 0 Å². The molecule has 1 aliphatic rings. The van der Waals surface area contributed by atoms with Crippen LogP contribution in [0.2, 0.25) is 0 Å². The van der Waals surface area contributed by atoms with Crippen LogP contribution in [0.15, 0.2) is 59.6 Å². The number of nitrogens with zero attached hydrogens (tertiary/aromatic N) is 1. The van der Waals surface area contributed by atoms with E-state index in [1.54, 1.807) is 7.05 Å². The first-order chi connectivity index (χ1) is 10.8. The summed E-state index contributed by atoms with van der Waals surface area (Å²) in [6.45, 7) is 1.50. The maximum Gasteiger partial charge on any atom is 0.191 e. The Morgan fingerprint density at radius 3 is 2.64 bits per heavy atom. The SMILES string of the molecule is CN=C(NCc1ccccc1)NCC1Cc2ccccc2O1. The number of rotatable bonds is 4. The van der Waals surface area contributed by atoms with Crippen molar-refractivity contribution in [3.63, 3.8) is 0 Å². The number of hydrogen-bond donors (Lipinski definition) is 2. The van der Waals surface area contributed by atoms with Crippen molar-refractivity contribution in [2.75, 3.05) is 13.6 Å². The van der Waals surface area contributed by atoms with Gasteiger partial charge in [0, 0.05) is 20.0 Å². The molecule has 2 aromatic rings. The second kappa shape index (κ2) is 6.98. The molecule has 0 saturated heterocycles. The van der Waals surface area contributed by atoms with Crippen LogP contribution >= 0.6 is 0 Å². The molecule has 114 valence electrons. The summed E-state index contributed by atoms with van der Waals surface area (Å²) in [5.74, 6) is 1.80. The van der Waals surface area contributed by atoms with Gasteiger partial charge in [0.2, 0.25) is 0 Å². The van der Waals surface area contributed by atoms with Crippen LogP contribution in [0.5, 0.6) is 5.75 Å². The number of benzene rings is 2. The number of aliphatic imine (C=N–C) groups is 1. The average molecular weight is 295 g/mol. The minimum atomic E-state index is 0.160. The van der Waals surface area contributed by atoms with E-state index in [0.717, 1.165) is 31.2 Å². The van der Waals surface area contributed by atoms with Gasteiger partial charge in [-0.1, -0.05) is 48.5 Å². The quantitative estimate of drug-likeness (QED) is 0.672. The molecule has 0 aromatic heterocycles. The number of nitrogens with one attached hydrogen (secondary N) is 2. The van der Waals surface area contributed by atoms with E-state index >= 15 is 0 Å². The first-order valence-electron chi connectivity index (χ1n) is 7.58. The monoisotopic (exact) mass is 295 g/mol. The Balaban J connectivity index is 1.46. The number of hydrogen-bond acceptors (Lipinski definition) is 2. The first kappa shape index (κ1) is 14.4. The van der Waals surface area contributed by atoms with Crippen molar-refractivity contribution in [1.29, 1.82) is 0 Å². The number of ether oxygens (including phenoxy) is 1. The lowest BCUT2D eigenvalue weighted by molar-refractivity contribution is 0.235. The highest BCUT2D eigenvalue weighted by molar-refractivity contribution is 5.79. The van der Waals surface area contributed by atoms with E-state index in [0.29, 0.717) is 0 Å². The van der Waals surface area contributed by atoms with E-state index in [-0.39, 0.29) is 6.10 Å². The van der Waals surface area contributed by atoms with E-state index < -0.39 is 0 Å². The van der Waals surface area contributed by atoms with Crippen molar-refractivity contribution in [3.8, 4) is 5.75 Å². The molecule has 1 atom stereocenters. The van der Waals surface area contributed by atoms with Crippen molar-refractivity contribution in [2.24, 2.45) is 4.99 Å². The molecule has 0 saturated carbocycles. The summed E-state index contributed by atoms with van der Waals surface area (Å²) in [6.07, 6.45) is 1.10. The third-order valence-electron chi connectivity index (χ3n) is 3.74. The van der Waals surface area contributed by atoms with Gasteiger partial charge < -0.3 is 15.4 Å². The van der Waals surface area contributed by atoms with Gasteiger partial charge in [0.15, 0.2) is 5.96 Å². The predicted molar refractivity (Wildman–Crippen MR) is 89.2 cm³/mol. The Kier molecular flexibility index (Phi) is 4.59. The lowest BCUT2D eigenvalue weighted by Gasteiger charge is -2.15. The van der Waals surface area contributed by atoms with Crippen LogP contribution < -0.4 is 15.4 Å². The van der Waals surface area contributed by atoms with Crippen LogP contribution in [-0.4, -0.2) is 25.7 Å². The second-order valence-electron chi connectivity index (χ2n) is 5.34. The third kappa shape index (κ3) is 3.58. The zero-order valence-corrected chi connectivity index (χ0v) is 12.8. The topological polar surface area (TPSA) is 45.7 Å². The molecule has 0 spiro atoms. The number of fused-ring (bicyclic) bond motifs is 1. The van der Waals surface area contributed by atoms with Crippen LogP contribution in [0.25, 0.3) is 0 Å². The van der Waals surface area contributed by atoms with Gasteiger partial charge in [0.05, 0.1) is 6.54 Å². The Hall–Kier alpha value is -2.49. The molecule has 3 rings (SSSR count). The zero-order chi connectivity index (χ0) is 15.2. The number of guanidine groups is 1. The van der Waals surface area contributed by atoms with Gasteiger partial charge in [-0.2, -0.15) is 0 Å². The molecule has 4 nitrogen and oxygen atoms in total. The summed E-state index contributed by atoms with van der Waals surface area (Å²) in [5, 5.41) is 6.64. The molecule has 2 aromatic carbocycles. The Labute approximate surface area is 131 Å². The summed E-state index contributed by atoms with van der Waals surface area (Å²) in [5.41, 5.74) is 2.51. The van der Waals surface area contributed by atoms with Gasteiger partial charge in [-0.25, -0.2) is 0 Å². The average Bonchev–Trinajstić information content (AvgIpc) is 2.99. The summed E-state index contributed by atoms with van der Waals surface area (Å²) in [6, 6.07) is 18.5. The van der Waals surface area contributed by atoms with Crippen LogP contribution in [-0.2, 0) is 13.0 Å². The van der Waals surface area contributed by atoms with Gasteiger partial charge in [-0.15, -0.1) is 0 Å². The minimum absolute atomic E-state index is 0.160. The molecular formula is C18H21N3O. The zero-order valence-electron chi connectivity index (χ0n) is 12.8. The smallest absolute Gasteiger partial charge is 0.191 e. The fraction of sp³-hybridized carbons (Fsp3) is 0.278. The molecule has 4 heteroatoms. The molecule has 0 aliphatic carbocycles. The highest BCUT2D eigenvalue weighted by Crippen LogP contribution is 2.27. The molecule has 0 bridgehead atoms. The van der Waals surface area contributed by atoms with Gasteiger partial charge in [-0.05, 0) is 17.2 Å². The van der Waals surface area contributed by atoms with E-state index in [9.17, 15) is 0 Å². The Bertz CT molecular complexity index is 615. The fourth-order valence-electron chi connectivity index (χ4n) is 2.58. The van der Waals surface area contributed by atoms with E-state index in [1.165, 1.54) is 11.1 Å². The normalized spacial score (nSPS) is 16.8. The van der Waals surface area contributed by atoms with Crippen molar-refractivity contribution in [2.45, 2.75) is 19.1 Å².